The lowest BCUT2D eigenvalue weighted by Gasteiger charge is -2.08. The van der Waals surface area contributed by atoms with Gasteiger partial charge in [-0.05, 0) is 34.5 Å². The van der Waals surface area contributed by atoms with E-state index in [2.05, 4.69) is 24.3 Å². The van der Waals surface area contributed by atoms with Gasteiger partial charge in [-0.15, -0.1) is 0 Å². The molecule has 0 saturated heterocycles. The van der Waals surface area contributed by atoms with Crippen LogP contribution in [-0.2, 0) is 0 Å². The van der Waals surface area contributed by atoms with E-state index in [1.807, 2.05) is 54.6 Å². The zero-order valence-corrected chi connectivity index (χ0v) is 12.3. The molecule has 0 aliphatic rings. The molecule has 0 amide bonds. The lowest BCUT2D eigenvalue weighted by molar-refractivity contribution is 0.413. The van der Waals surface area contributed by atoms with Gasteiger partial charge in [0.1, 0.15) is 5.75 Å². The summed E-state index contributed by atoms with van der Waals surface area (Å²) in [5.41, 5.74) is 2.43. The molecule has 106 valence electrons. The first-order valence-corrected chi connectivity index (χ1v) is 7.06. The average Bonchev–Trinajstić information content (AvgIpc) is 2.59. The zero-order valence-electron chi connectivity index (χ0n) is 12.3. The van der Waals surface area contributed by atoms with Crippen LogP contribution in [0.4, 0.5) is 0 Å². The summed E-state index contributed by atoms with van der Waals surface area (Å²) < 4.78 is 5.36. The highest BCUT2D eigenvalue weighted by atomic mass is 16.5. The second kappa shape index (κ2) is 6.15. The third-order valence-electron chi connectivity index (χ3n) is 3.64. The maximum Gasteiger partial charge on any atom is 0.127 e. The predicted octanol–water partition coefficient (Wildman–Crippen LogP) is 4.91. The lowest BCUT2D eigenvalue weighted by atomic mass is 9.99. The van der Waals surface area contributed by atoms with Crippen LogP contribution in [-0.4, -0.2) is 7.11 Å². The van der Waals surface area contributed by atoms with Crippen LogP contribution in [0.25, 0.3) is 22.4 Å². The highest BCUT2D eigenvalue weighted by Gasteiger charge is 2.08. The normalized spacial score (nSPS) is 11.2. The van der Waals surface area contributed by atoms with E-state index in [0.29, 0.717) is 11.3 Å². The van der Waals surface area contributed by atoms with Gasteiger partial charge in [0.2, 0.25) is 0 Å². The molecule has 3 aromatic carbocycles. The monoisotopic (exact) mass is 285 g/mol. The number of benzene rings is 3. The van der Waals surface area contributed by atoms with E-state index < -0.39 is 0 Å². The number of allylic oxidation sites excluding steroid dienone is 1. The van der Waals surface area contributed by atoms with E-state index in [1.54, 1.807) is 7.11 Å². The summed E-state index contributed by atoms with van der Waals surface area (Å²) in [6.07, 6.45) is 1.92. The molecule has 0 N–H and O–H groups in total. The minimum absolute atomic E-state index is 0.591. The maximum absolute atomic E-state index is 9.56. The number of nitriles is 1. The Labute approximate surface area is 129 Å². The van der Waals surface area contributed by atoms with Gasteiger partial charge in [-0.1, -0.05) is 54.6 Å². The largest absolute Gasteiger partial charge is 0.496 e. The summed E-state index contributed by atoms with van der Waals surface area (Å²) in [4.78, 5) is 0. The van der Waals surface area contributed by atoms with Crippen molar-refractivity contribution in [3.05, 3.63) is 77.9 Å². The fraction of sp³-hybridized carbons (Fsp3) is 0.0500. The van der Waals surface area contributed by atoms with Gasteiger partial charge in [0, 0.05) is 5.56 Å². The van der Waals surface area contributed by atoms with Crippen LogP contribution >= 0.6 is 0 Å². The van der Waals surface area contributed by atoms with E-state index in [0.717, 1.165) is 21.9 Å². The van der Waals surface area contributed by atoms with Gasteiger partial charge in [-0.2, -0.15) is 5.26 Å². The lowest BCUT2D eigenvalue weighted by Crippen LogP contribution is -1.90. The molecule has 0 spiro atoms. The molecule has 0 radical (unpaired) electrons. The number of para-hydroxylation sites is 1. The molecule has 0 aliphatic heterocycles. The molecule has 0 unspecified atom stereocenters. The van der Waals surface area contributed by atoms with Crippen LogP contribution in [0.2, 0.25) is 0 Å². The number of hydrogen-bond donors (Lipinski definition) is 0. The predicted molar refractivity (Wildman–Crippen MR) is 90.4 cm³/mol. The topological polar surface area (TPSA) is 33.0 Å². The van der Waals surface area contributed by atoms with Crippen molar-refractivity contribution in [1.82, 2.24) is 0 Å². The fourth-order valence-electron chi connectivity index (χ4n) is 2.57. The van der Waals surface area contributed by atoms with Gasteiger partial charge in [-0.3, -0.25) is 0 Å². The Morgan fingerprint density at radius 2 is 1.68 bits per heavy atom. The van der Waals surface area contributed by atoms with E-state index in [4.69, 9.17) is 4.74 Å². The molecule has 2 nitrogen and oxygen atoms in total. The molecule has 0 atom stereocenters. The third-order valence-corrected chi connectivity index (χ3v) is 3.64. The van der Waals surface area contributed by atoms with Crippen LogP contribution in [0.3, 0.4) is 0 Å². The average molecular weight is 285 g/mol. The molecule has 0 fully saturated rings. The molecule has 0 heterocycles. The number of fused-ring (bicyclic) bond motifs is 1. The molecule has 2 heteroatoms. The van der Waals surface area contributed by atoms with Gasteiger partial charge in [0.25, 0.3) is 0 Å². The summed E-state index contributed by atoms with van der Waals surface area (Å²) in [5, 5.41) is 11.9. The molecule has 0 saturated carbocycles. The van der Waals surface area contributed by atoms with Crippen LogP contribution in [0.1, 0.15) is 11.1 Å². The van der Waals surface area contributed by atoms with E-state index >= 15 is 0 Å². The molecular weight excluding hydrogens is 270 g/mol. The van der Waals surface area contributed by atoms with Gasteiger partial charge >= 0.3 is 0 Å². The highest BCUT2D eigenvalue weighted by molar-refractivity contribution is 5.99. The van der Waals surface area contributed by atoms with E-state index in [-0.39, 0.29) is 0 Å². The van der Waals surface area contributed by atoms with Gasteiger partial charge < -0.3 is 4.74 Å². The molecule has 22 heavy (non-hydrogen) atoms. The van der Waals surface area contributed by atoms with Gasteiger partial charge in [0.15, 0.2) is 0 Å². The quantitative estimate of drug-likeness (QED) is 0.506. The second-order valence-electron chi connectivity index (χ2n) is 4.94. The zero-order chi connectivity index (χ0) is 15.4. The summed E-state index contributed by atoms with van der Waals surface area (Å²) in [6, 6.07) is 24.1. The van der Waals surface area contributed by atoms with Crippen molar-refractivity contribution in [2.24, 2.45) is 0 Å². The standard InChI is InChI=1S/C20H15NO/c1-22-20-12-5-4-11-19(20)17(14-21)13-16-9-6-8-15-7-2-3-10-18(15)16/h2-13H,1H3/b17-13-. The first-order valence-electron chi connectivity index (χ1n) is 7.06. The first kappa shape index (κ1) is 13.9. The summed E-state index contributed by atoms with van der Waals surface area (Å²) in [6.45, 7) is 0. The molecule has 0 bridgehead atoms. The van der Waals surface area contributed by atoms with E-state index in [9.17, 15) is 5.26 Å². The second-order valence-corrected chi connectivity index (χ2v) is 4.94. The molecule has 0 aliphatic carbocycles. The number of methoxy groups -OCH3 is 1. The SMILES string of the molecule is COc1ccccc1/C(C#N)=C\c1cccc2ccccc12. The fourth-order valence-corrected chi connectivity index (χ4v) is 2.57. The number of nitrogens with zero attached hydrogens (tertiary/aromatic N) is 1. The minimum atomic E-state index is 0.591. The number of hydrogen-bond acceptors (Lipinski definition) is 2. The third kappa shape index (κ3) is 2.57. The molecule has 0 aromatic heterocycles. The van der Waals surface area contributed by atoms with Crippen molar-refractivity contribution in [1.29, 1.82) is 5.26 Å². The van der Waals surface area contributed by atoms with Crippen molar-refractivity contribution in [3.8, 4) is 11.8 Å². The number of ether oxygens (including phenoxy) is 1. The Kier molecular flexibility index (Phi) is 3.89. The van der Waals surface area contributed by atoms with Gasteiger partial charge in [0.05, 0.1) is 18.8 Å². The van der Waals surface area contributed by atoms with Crippen LogP contribution in [0.5, 0.6) is 5.75 Å². The van der Waals surface area contributed by atoms with Crippen LogP contribution in [0, 0.1) is 11.3 Å². The van der Waals surface area contributed by atoms with Crippen LogP contribution < -0.4 is 4.74 Å². The van der Waals surface area contributed by atoms with Crippen molar-refractivity contribution in [3.63, 3.8) is 0 Å². The van der Waals surface area contributed by atoms with Crippen molar-refractivity contribution in [2.45, 2.75) is 0 Å². The van der Waals surface area contributed by atoms with Gasteiger partial charge in [-0.25, -0.2) is 0 Å². The Balaban J connectivity index is 2.18. The Morgan fingerprint density at radius 1 is 0.955 bits per heavy atom. The number of rotatable bonds is 3. The Hall–Kier alpha value is -3.05. The smallest absolute Gasteiger partial charge is 0.127 e. The first-order chi connectivity index (χ1) is 10.8. The summed E-state index contributed by atoms with van der Waals surface area (Å²) >= 11 is 0. The van der Waals surface area contributed by atoms with Crippen molar-refractivity contribution >= 4 is 22.4 Å². The molecular formula is C20H15NO. The maximum atomic E-state index is 9.56. The van der Waals surface area contributed by atoms with Crippen LogP contribution in [0.15, 0.2) is 66.7 Å². The molecule has 3 aromatic rings. The van der Waals surface area contributed by atoms with E-state index in [1.165, 1.54) is 0 Å². The summed E-state index contributed by atoms with van der Waals surface area (Å²) in [7, 11) is 1.62. The van der Waals surface area contributed by atoms with Crippen molar-refractivity contribution < 1.29 is 4.74 Å². The molecule has 3 rings (SSSR count). The Morgan fingerprint density at radius 3 is 2.50 bits per heavy atom. The highest BCUT2D eigenvalue weighted by Crippen LogP contribution is 2.29. The van der Waals surface area contributed by atoms with Crippen molar-refractivity contribution in [2.75, 3.05) is 7.11 Å². The Bertz CT molecular complexity index is 882. The summed E-state index contributed by atoms with van der Waals surface area (Å²) in [5.74, 6) is 0.704. The minimum Gasteiger partial charge on any atom is -0.496 e.